The summed E-state index contributed by atoms with van der Waals surface area (Å²) >= 11 is 1.51. The van der Waals surface area contributed by atoms with Gasteiger partial charge in [0.1, 0.15) is 10.6 Å². The van der Waals surface area contributed by atoms with E-state index in [9.17, 15) is 4.79 Å². The lowest BCUT2D eigenvalue weighted by molar-refractivity contribution is 0.0508. The van der Waals surface area contributed by atoms with Crippen LogP contribution in [0.2, 0.25) is 0 Å². The molecule has 0 aliphatic carbocycles. The van der Waals surface area contributed by atoms with Gasteiger partial charge in [0.2, 0.25) is 0 Å². The molecule has 1 heterocycles. The van der Waals surface area contributed by atoms with Crippen LogP contribution in [-0.2, 0) is 4.74 Å². The standard InChI is InChI=1S/C10H16N2O2S/c1-7(8-11-5-6-15-8)12-9(13)14-10(2,3)4/h5-7H,1-4H3,(H,12,13)/t7-/m0/s1. The van der Waals surface area contributed by atoms with Crippen LogP contribution in [-0.4, -0.2) is 16.7 Å². The van der Waals surface area contributed by atoms with E-state index in [1.807, 2.05) is 33.1 Å². The molecule has 0 fully saturated rings. The molecular weight excluding hydrogens is 212 g/mol. The van der Waals surface area contributed by atoms with Gasteiger partial charge in [0.05, 0.1) is 6.04 Å². The van der Waals surface area contributed by atoms with E-state index in [4.69, 9.17) is 4.74 Å². The fourth-order valence-electron chi connectivity index (χ4n) is 0.994. The third-order valence-corrected chi connectivity index (χ3v) is 2.51. The average Bonchev–Trinajstić information content (AvgIpc) is 2.50. The van der Waals surface area contributed by atoms with Crippen LogP contribution in [0.5, 0.6) is 0 Å². The van der Waals surface area contributed by atoms with Crippen molar-refractivity contribution in [2.75, 3.05) is 0 Å². The Labute approximate surface area is 93.7 Å². The first-order valence-corrected chi connectivity index (χ1v) is 5.65. The third kappa shape index (κ3) is 4.29. The van der Waals surface area contributed by atoms with Crippen molar-refractivity contribution in [1.29, 1.82) is 0 Å². The zero-order valence-electron chi connectivity index (χ0n) is 9.40. The normalized spacial score (nSPS) is 13.3. The van der Waals surface area contributed by atoms with Gasteiger partial charge < -0.3 is 10.1 Å². The minimum Gasteiger partial charge on any atom is -0.444 e. The van der Waals surface area contributed by atoms with Crippen molar-refractivity contribution in [3.05, 3.63) is 16.6 Å². The fraction of sp³-hybridized carbons (Fsp3) is 0.600. The van der Waals surface area contributed by atoms with E-state index in [0.717, 1.165) is 5.01 Å². The first kappa shape index (κ1) is 12.0. The third-order valence-electron chi connectivity index (χ3n) is 1.56. The summed E-state index contributed by atoms with van der Waals surface area (Å²) in [5, 5.41) is 5.48. The van der Waals surface area contributed by atoms with Crippen molar-refractivity contribution in [1.82, 2.24) is 10.3 Å². The van der Waals surface area contributed by atoms with Crippen LogP contribution >= 0.6 is 11.3 Å². The number of thiazole rings is 1. The Balaban J connectivity index is 2.45. The van der Waals surface area contributed by atoms with Crippen LogP contribution in [0.1, 0.15) is 38.7 Å². The number of hydrogen-bond donors (Lipinski definition) is 1. The van der Waals surface area contributed by atoms with E-state index in [1.165, 1.54) is 11.3 Å². The van der Waals surface area contributed by atoms with E-state index in [1.54, 1.807) is 6.20 Å². The van der Waals surface area contributed by atoms with Gasteiger partial charge in [-0.05, 0) is 27.7 Å². The molecule has 1 atom stereocenters. The molecule has 1 N–H and O–H groups in total. The van der Waals surface area contributed by atoms with Crippen molar-refractivity contribution in [2.45, 2.75) is 39.3 Å². The Morgan fingerprint density at radius 1 is 1.60 bits per heavy atom. The molecule has 4 nitrogen and oxygen atoms in total. The summed E-state index contributed by atoms with van der Waals surface area (Å²) in [4.78, 5) is 15.5. The zero-order valence-corrected chi connectivity index (χ0v) is 10.2. The van der Waals surface area contributed by atoms with Gasteiger partial charge in [0, 0.05) is 11.6 Å². The van der Waals surface area contributed by atoms with E-state index in [0.29, 0.717) is 0 Å². The molecule has 1 amide bonds. The smallest absolute Gasteiger partial charge is 0.408 e. The number of ether oxygens (including phenoxy) is 1. The maximum Gasteiger partial charge on any atom is 0.408 e. The van der Waals surface area contributed by atoms with Crippen molar-refractivity contribution in [2.24, 2.45) is 0 Å². The molecule has 0 spiro atoms. The highest BCUT2D eigenvalue weighted by Gasteiger charge is 2.18. The fourth-order valence-corrected chi connectivity index (χ4v) is 1.64. The minimum atomic E-state index is -0.466. The quantitative estimate of drug-likeness (QED) is 0.846. The van der Waals surface area contributed by atoms with Crippen molar-refractivity contribution in [3.63, 3.8) is 0 Å². The van der Waals surface area contributed by atoms with Crippen LogP contribution < -0.4 is 5.32 Å². The van der Waals surface area contributed by atoms with Gasteiger partial charge in [0.15, 0.2) is 0 Å². The van der Waals surface area contributed by atoms with Gasteiger partial charge >= 0.3 is 6.09 Å². The van der Waals surface area contributed by atoms with Crippen LogP contribution in [0, 0.1) is 0 Å². The van der Waals surface area contributed by atoms with E-state index in [-0.39, 0.29) is 6.04 Å². The molecule has 0 aliphatic rings. The second kappa shape index (κ2) is 4.61. The maximum absolute atomic E-state index is 11.4. The summed E-state index contributed by atoms with van der Waals surface area (Å²) in [7, 11) is 0. The van der Waals surface area contributed by atoms with Crippen LogP contribution in [0.15, 0.2) is 11.6 Å². The summed E-state index contributed by atoms with van der Waals surface area (Å²) in [6, 6.07) is -0.111. The maximum atomic E-state index is 11.4. The Hall–Kier alpha value is -1.10. The lowest BCUT2D eigenvalue weighted by Crippen LogP contribution is -2.33. The predicted molar refractivity (Wildman–Crippen MR) is 59.9 cm³/mol. The van der Waals surface area contributed by atoms with Gasteiger partial charge in [-0.15, -0.1) is 11.3 Å². The first-order valence-electron chi connectivity index (χ1n) is 4.77. The Morgan fingerprint density at radius 2 is 2.27 bits per heavy atom. The molecule has 0 aliphatic heterocycles. The molecule has 5 heteroatoms. The lowest BCUT2D eigenvalue weighted by Gasteiger charge is -2.21. The number of alkyl carbamates (subject to hydrolysis) is 1. The van der Waals surface area contributed by atoms with E-state index >= 15 is 0 Å². The number of nitrogens with one attached hydrogen (secondary N) is 1. The predicted octanol–water partition coefficient (Wildman–Crippen LogP) is 2.73. The topological polar surface area (TPSA) is 51.2 Å². The van der Waals surface area contributed by atoms with Crippen LogP contribution in [0.25, 0.3) is 0 Å². The largest absolute Gasteiger partial charge is 0.444 e. The highest BCUT2D eigenvalue weighted by molar-refractivity contribution is 7.09. The SMILES string of the molecule is C[C@H](NC(=O)OC(C)(C)C)c1nccs1. The molecule has 0 bridgehead atoms. The number of carbonyl (C=O) groups excluding carboxylic acids is 1. The number of hydrogen-bond acceptors (Lipinski definition) is 4. The second-order valence-corrected chi connectivity index (χ2v) is 5.16. The first-order chi connectivity index (χ1) is 6.88. The summed E-state index contributed by atoms with van der Waals surface area (Å²) in [6.45, 7) is 7.38. The molecule has 15 heavy (non-hydrogen) atoms. The summed E-state index contributed by atoms with van der Waals surface area (Å²) < 4.78 is 5.13. The second-order valence-electron chi connectivity index (χ2n) is 4.24. The monoisotopic (exact) mass is 228 g/mol. The van der Waals surface area contributed by atoms with Gasteiger partial charge in [-0.3, -0.25) is 0 Å². The molecule has 1 rings (SSSR count). The van der Waals surface area contributed by atoms with Gasteiger partial charge in [-0.2, -0.15) is 0 Å². The van der Waals surface area contributed by atoms with E-state index < -0.39 is 11.7 Å². The van der Waals surface area contributed by atoms with Gasteiger partial charge in [-0.1, -0.05) is 0 Å². The Bertz CT molecular complexity index is 317. The number of amides is 1. The Morgan fingerprint density at radius 3 is 2.73 bits per heavy atom. The van der Waals surface area contributed by atoms with Crippen molar-refractivity contribution < 1.29 is 9.53 Å². The molecular formula is C10H16N2O2S. The summed E-state index contributed by atoms with van der Waals surface area (Å²) in [5.41, 5.74) is -0.466. The number of carbonyl (C=O) groups is 1. The highest BCUT2D eigenvalue weighted by atomic mass is 32.1. The molecule has 0 saturated carbocycles. The zero-order chi connectivity index (χ0) is 11.5. The highest BCUT2D eigenvalue weighted by Crippen LogP contribution is 2.15. The van der Waals surface area contributed by atoms with Crippen LogP contribution in [0.3, 0.4) is 0 Å². The molecule has 1 aromatic rings. The van der Waals surface area contributed by atoms with Gasteiger partial charge in [0.25, 0.3) is 0 Å². The molecule has 84 valence electrons. The van der Waals surface area contributed by atoms with Crippen molar-refractivity contribution >= 4 is 17.4 Å². The Kier molecular flexibility index (Phi) is 3.68. The summed E-state index contributed by atoms with van der Waals surface area (Å²) in [6.07, 6.45) is 1.30. The molecule has 1 aromatic heterocycles. The molecule has 0 saturated heterocycles. The molecule has 0 unspecified atom stereocenters. The minimum absolute atomic E-state index is 0.111. The van der Waals surface area contributed by atoms with Crippen LogP contribution in [0.4, 0.5) is 4.79 Å². The number of aromatic nitrogens is 1. The average molecular weight is 228 g/mol. The number of nitrogens with zero attached hydrogens (tertiary/aromatic N) is 1. The summed E-state index contributed by atoms with van der Waals surface area (Å²) in [5.74, 6) is 0. The van der Waals surface area contributed by atoms with Crippen molar-refractivity contribution in [3.8, 4) is 0 Å². The lowest BCUT2D eigenvalue weighted by atomic mass is 10.2. The van der Waals surface area contributed by atoms with Gasteiger partial charge in [-0.25, -0.2) is 9.78 Å². The molecule has 0 radical (unpaired) electrons. The molecule has 0 aromatic carbocycles. The van der Waals surface area contributed by atoms with E-state index in [2.05, 4.69) is 10.3 Å². The number of rotatable bonds is 2.